The SMILES string of the molecule is C=CC(=O)Nc1c(C(C)C)ccnc1C(C)C. The number of hydrogen-bond donors (Lipinski definition) is 1. The minimum atomic E-state index is -0.193. The second kappa shape index (κ2) is 5.62. The highest BCUT2D eigenvalue weighted by Crippen LogP contribution is 2.30. The van der Waals surface area contributed by atoms with E-state index in [4.69, 9.17) is 0 Å². The van der Waals surface area contributed by atoms with Crippen LogP contribution in [-0.2, 0) is 4.79 Å². The Morgan fingerprint density at radius 1 is 1.35 bits per heavy atom. The molecule has 0 aromatic carbocycles. The fraction of sp³-hybridized carbons (Fsp3) is 0.429. The van der Waals surface area contributed by atoms with Gasteiger partial charge in [0.25, 0.3) is 0 Å². The molecule has 1 N–H and O–H groups in total. The van der Waals surface area contributed by atoms with Crippen LogP contribution in [0, 0.1) is 0 Å². The van der Waals surface area contributed by atoms with Crippen LogP contribution in [0.15, 0.2) is 24.9 Å². The van der Waals surface area contributed by atoms with E-state index in [0.29, 0.717) is 5.92 Å². The minimum absolute atomic E-state index is 0.193. The highest BCUT2D eigenvalue weighted by atomic mass is 16.1. The molecule has 0 saturated heterocycles. The van der Waals surface area contributed by atoms with Gasteiger partial charge in [0.2, 0.25) is 5.91 Å². The van der Waals surface area contributed by atoms with Gasteiger partial charge in [-0.2, -0.15) is 0 Å². The second-order valence-corrected chi connectivity index (χ2v) is 4.66. The van der Waals surface area contributed by atoms with Crippen LogP contribution in [0.25, 0.3) is 0 Å². The number of aromatic nitrogens is 1. The quantitative estimate of drug-likeness (QED) is 0.808. The Hall–Kier alpha value is -1.64. The molecule has 1 aromatic rings. The minimum Gasteiger partial charge on any atom is -0.321 e. The van der Waals surface area contributed by atoms with Crippen molar-refractivity contribution in [1.82, 2.24) is 4.98 Å². The van der Waals surface area contributed by atoms with Gasteiger partial charge in [0.1, 0.15) is 0 Å². The summed E-state index contributed by atoms with van der Waals surface area (Å²) in [5, 5.41) is 2.87. The zero-order valence-corrected chi connectivity index (χ0v) is 10.9. The van der Waals surface area contributed by atoms with E-state index < -0.39 is 0 Å². The summed E-state index contributed by atoms with van der Waals surface area (Å²) in [5.41, 5.74) is 2.87. The van der Waals surface area contributed by atoms with E-state index >= 15 is 0 Å². The Morgan fingerprint density at radius 2 is 2.00 bits per heavy atom. The maximum Gasteiger partial charge on any atom is 0.247 e. The lowest BCUT2D eigenvalue weighted by molar-refractivity contribution is -0.111. The van der Waals surface area contributed by atoms with Crippen molar-refractivity contribution in [1.29, 1.82) is 0 Å². The van der Waals surface area contributed by atoms with E-state index in [9.17, 15) is 4.79 Å². The average molecular weight is 232 g/mol. The Labute approximate surface area is 103 Å². The number of hydrogen-bond acceptors (Lipinski definition) is 2. The highest BCUT2D eigenvalue weighted by molar-refractivity contribution is 5.99. The molecule has 3 heteroatoms. The summed E-state index contributed by atoms with van der Waals surface area (Å²) in [7, 11) is 0. The molecule has 0 radical (unpaired) electrons. The van der Waals surface area contributed by atoms with Crippen molar-refractivity contribution in [3.63, 3.8) is 0 Å². The number of carbonyl (C=O) groups excluding carboxylic acids is 1. The van der Waals surface area contributed by atoms with Crippen LogP contribution in [0.1, 0.15) is 50.8 Å². The van der Waals surface area contributed by atoms with Gasteiger partial charge in [-0.25, -0.2) is 0 Å². The average Bonchev–Trinajstić information content (AvgIpc) is 2.28. The summed E-state index contributed by atoms with van der Waals surface area (Å²) >= 11 is 0. The Bertz CT molecular complexity index is 396. The summed E-state index contributed by atoms with van der Waals surface area (Å²) in [6.45, 7) is 11.8. The maximum absolute atomic E-state index is 11.5. The lowest BCUT2D eigenvalue weighted by atomic mass is 9.97. The van der Waals surface area contributed by atoms with E-state index in [-0.39, 0.29) is 11.8 Å². The maximum atomic E-state index is 11.5. The van der Waals surface area contributed by atoms with Gasteiger partial charge in [-0.05, 0) is 29.5 Å². The summed E-state index contributed by atoms with van der Waals surface area (Å²) in [6, 6.07) is 1.95. The first-order valence-electron chi connectivity index (χ1n) is 5.89. The first-order valence-corrected chi connectivity index (χ1v) is 5.89. The monoisotopic (exact) mass is 232 g/mol. The summed E-state index contributed by atoms with van der Waals surface area (Å²) < 4.78 is 0. The smallest absolute Gasteiger partial charge is 0.247 e. The Kier molecular flexibility index (Phi) is 4.44. The van der Waals surface area contributed by atoms with E-state index in [0.717, 1.165) is 16.9 Å². The molecule has 1 rings (SSSR count). The fourth-order valence-corrected chi connectivity index (χ4v) is 1.72. The molecule has 1 amide bonds. The molecule has 0 bridgehead atoms. The molecule has 3 nitrogen and oxygen atoms in total. The summed E-state index contributed by atoms with van der Waals surface area (Å²) in [4.78, 5) is 15.8. The highest BCUT2D eigenvalue weighted by Gasteiger charge is 2.15. The van der Waals surface area contributed by atoms with Gasteiger partial charge in [0, 0.05) is 6.20 Å². The molecule has 0 aliphatic rings. The molecule has 1 aromatic heterocycles. The standard InChI is InChI=1S/C14H20N2O/c1-6-12(17)16-14-11(9(2)3)7-8-15-13(14)10(4)5/h6-10H,1H2,2-5H3,(H,16,17). The molecule has 0 atom stereocenters. The Balaban J connectivity index is 3.28. The number of anilines is 1. The molecule has 0 saturated carbocycles. The molecule has 0 aliphatic heterocycles. The van der Waals surface area contributed by atoms with E-state index in [1.165, 1.54) is 6.08 Å². The molecule has 1 heterocycles. The third-order valence-corrected chi connectivity index (χ3v) is 2.62. The van der Waals surface area contributed by atoms with Crippen LogP contribution in [0.3, 0.4) is 0 Å². The second-order valence-electron chi connectivity index (χ2n) is 4.66. The number of rotatable bonds is 4. The Morgan fingerprint density at radius 3 is 2.47 bits per heavy atom. The fourth-order valence-electron chi connectivity index (χ4n) is 1.72. The van der Waals surface area contributed by atoms with Crippen LogP contribution in [0.2, 0.25) is 0 Å². The van der Waals surface area contributed by atoms with E-state index in [1.807, 2.05) is 6.07 Å². The van der Waals surface area contributed by atoms with Crippen molar-refractivity contribution in [2.24, 2.45) is 0 Å². The predicted molar refractivity (Wildman–Crippen MR) is 71.2 cm³/mol. The van der Waals surface area contributed by atoms with Gasteiger partial charge in [-0.1, -0.05) is 34.3 Å². The largest absolute Gasteiger partial charge is 0.321 e. The van der Waals surface area contributed by atoms with Crippen LogP contribution in [-0.4, -0.2) is 10.9 Å². The number of nitrogens with zero attached hydrogens (tertiary/aromatic N) is 1. The van der Waals surface area contributed by atoms with Crippen LogP contribution in [0.5, 0.6) is 0 Å². The van der Waals surface area contributed by atoms with Gasteiger partial charge in [-0.3, -0.25) is 9.78 Å². The number of amides is 1. The van der Waals surface area contributed by atoms with Crippen LogP contribution >= 0.6 is 0 Å². The van der Waals surface area contributed by atoms with Crippen molar-refractivity contribution < 1.29 is 4.79 Å². The van der Waals surface area contributed by atoms with Gasteiger partial charge in [0.05, 0.1) is 11.4 Å². The first-order chi connectivity index (χ1) is 7.97. The lowest BCUT2D eigenvalue weighted by Crippen LogP contribution is -2.14. The van der Waals surface area contributed by atoms with E-state index in [1.54, 1.807) is 6.20 Å². The third-order valence-electron chi connectivity index (χ3n) is 2.62. The third kappa shape index (κ3) is 3.16. The summed E-state index contributed by atoms with van der Waals surface area (Å²) in [5.74, 6) is 0.422. The zero-order chi connectivity index (χ0) is 13.0. The lowest BCUT2D eigenvalue weighted by Gasteiger charge is -2.18. The number of carbonyl (C=O) groups is 1. The van der Waals surface area contributed by atoms with Crippen molar-refractivity contribution in [3.8, 4) is 0 Å². The predicted octanol–water partition coefficient (Wildman–Crippen LogP) is 3.45. The van der Waals surface area contributed by atoms with Gasteiger partial charge in [-0.15, -0.1) is 0 Å². The zero-order valence-electron chi connectivity index (χ0n) is 10.9. The molecule has 17 heavy (non-hydrogen) atoms. The van der Waals surface area contributed by atoms with Crippen molar-refractivity contribution in [2.45, 2.75) is 39.5 Å². The number of pyridine rings is 1. The van der Waals surface area contributed by atoms with Gasteiger partial charge < -0.3 is 5.32 Å². The summed E-state index contributed by atoms with van der Waals surface area (Å²) in [6.07, 6.45) is 3.08. The van der Waals surface area contributed by atoms with Crippen LogP contribution in [0.4, 0.5) is 5.69 Å². The molecule has 92 valence electrons. The topological polar surface area (TPSA) is 42.0 Å². The molecule has 0 spiro atoms. The van der Waals surface area contributed by atoms with Crippen molar-refractivity contribution in [3.05, 3.63) is 36.2 Å². The molecule has 0 fully saturated rings. The molecule has 0 aliphatic carbocycles. The normalized spacial score (nSPS) is 10.7. The number of nitrogens with one attached hydrogen (secondary N) is 1. The van der Waals surface area contributed by atoms with Gasteiger partial charge >= 0.3 is 0 Å². The van der Waals surface area contributed by atoms with E-state index in [2.05, 4.69) is 44.6 Å². The van der Waals surface area contributed by atoms with Crippen molar-refractivity contribution in [2.75, 3.05) is 5.32 Å². The molecular weight excluding hydrogens is 212 g/mol. The van der Waals surface area contributed by atoms with Crippen LogP contribution < -0.4 is 5.32 Å². The van der Waals surface area contributed by atoms with Gasteiger partial charge in [0.15, 0.2) is 0 Å². The molecule has 0 unspecified atom stereocenters. The van der Waals surface area contributed by atoms with Crippen molar-refractivity contribution >= 4 is 11.6 Å². The molecular formula is C14H20N2O. The first kappa shape index (κ1) is 13.4.